The summed E-state index contributed by atoms with van der Waals surface area (Å²) in [6.07, 6.45) is 2.37. The third kappa shape index (κ3) is 3.23. The van der Waals surface area contributed by atoms with Crippen molar-refractivity contribution in [3.63, 3.8) is 0 Å². The number of benzene rings is 1. The first-order valence-electron chi connectivity index (χ1n) is 5.44. The van der Waals surface area contributed by atoms with Crippen LogP contribution in [0.25, 0.3) is 0 Å². The SMILES string of the molecule is CN(Cc1cccc(Br)c1)C(N)=NC1CC1. The summed E-state index contributed by atoms with van der Waals surface area (Å²) in [5.41, 5.74) is 7.14. The van der Waals surface area contributed by atoms with E-state index in [2.05, 4.69) is 33.1 Å². The van der Waals surface area contributed by atoms with Crippen molar-refractivity contribution >= 4 is 21.9 Å². The Balaban J connectivity index is 1.98. The largest absolute Gasteiger partial charge is 0.370 e. The van der Waals surface area contributed by atoms with E-state index >= 15 is 0 Å². The molecule has 0 aromatic heterocycles. The van der Waals surface area contributed by atoms with E-state index in [1.807, 2.05) is 24.1 Å². The monoisotopic (exact) mass is 281 g/mol. The number of nitrogens with two attached hydrogens (primary N) is 1. The second kappa shape index (κ2) is 4.87. The Morgan fingerprint density at radius 1 is 1.56 bits per heavy atom. The summed E-state index contributed by atoms with van der Waals surface area (Å²) in [6, 6.07) is 8.71. The first-order valence-corrected chi connectivity index (χ1v) is 6.23. The van der Waals surface area contributed by atoms with Crippen LogP contribution >= 0.6 is 15.9 Å². The molecular weight excluding hydrogens is 266 g/mol. The quantitative estimate of drug-likeness (QED) is 0.683. The van der Waals surface area contributed by atoms with E-state index in [-0.39, 0.29) is 0 Å². The lowest BCUT2D eigenvalue weighted by Gasteiger charge is -2.18. The van der Waals surface area contributed by atoms with E-state index in [4.69, 9.17) is 5.73 Å². The van der Waals surface area contributed by atoms with Gasteiger partial charge >= 0.3 is 0 Å². The van der Waals surface area contributed by atoms with Gasteiger partial charge in [0.25, 0.3) is 0 Å². The van der Waals surface area contributed by atoms with Crippen molar-refractivity contribution in [3.05, 3.63) is 34.3 Å². The van der Waals surface area contributed by atoms with Crippen LogP contribution in [0.5, 0.6) is 0 Å². The Bertz CT molecular complexity index is 399. The lowest BCUT2D eigenvalue weighted by molar-refractivity contribution is 0.491. The minimum atomic E-state index is 0.477. The van der Waals surface area contributed by atoms with Gasteiger partial charge in [0.1, 0.15) is 0 Å². The number of hydrogen-bond acceptors (Lipinski definition) is 1. The summed E-state index contributed by atoms with van der Waals surface area (Å²) in [5, 5.41) is 0. The van der Waals surface area contributed by atoms with Gasteiger partial charge in [-0.3, -0.25) is 0 Å². The van der Waals surface area contributed by atoms with Gasteiger partial charge in [-0.05, 0) is 30.5 Å². The smallest absolute Gasteiger partial charge is 0.191 e. The highest BCUT2D eigenvalue weighted by Crippen LogP contribution is 2.23. The number of hydrogen-bond donors (Lipinski definition) is 1. The zero-order chi connectivity index (χ0) is 11.5. The van der Waals surface area contributed by atoms with Gasteiger partial charge in [-0.1, -0.05) is 28.1 Å². The fourth-order valence-electron chi connectivity index (χ4n) is 1.48. The molecule has 0 amide bonds. The molecule has 0 saturated heterocycles. The molecule has 0 heterocycles. The van der Waals surface area contributed by atoms with E-state index in [0.29, 0.717) is 12.0 Å². The molecule has 0 radical (unpaired) electrons. The molecule has 0 bridgehead atoms. The molecule has 3 nitrogen and oxygen atoms in total. The van der Waals surface area contributed by atoms with Crippen molar-refractivity contribution in [2.45, 2.75) is 25.4 Å². The highest BCUT2D eigenvalue weighted by atomic mass is 79.9. The maximum absolute atomic E-state index is 5.91. The molecule has 86 valence electrons. The van der Waals surface area contributed by atoms with Crippen molar-refractivity contribution in [2.24, 2.45) is 10.7 Å². The van der Waals surface area contributed by atoms with Crippen molar-refractivity contribution in [2.75, 3.05) is 7.05 Å². The fourth-order valence-corrected chi connectivity index (χ4v) is 1.93. The number of halogens is 1. The van der Waals surface area contributed by atoms with Crippen LogP contribution in [0.2, 0.25) is 0 Å². The van der Waals surface area contributed by atoms with E-state index in [9.17, 15) is 0 Å². The van der Waals surface area contributed by atoms with E-state index in [0.717, 1.165) is 11.0 Å². The molecule has 2 N–H and O–H groups in total. The van der Waals surface area contributed by atoms with Crippen molar-refractivity contribution in [1.29, 1.82) is 0 Å². The summed E-state index contributed by atoms with van der Waals surface area (Å²) >= 11 is 3.46. The average molecular weight is 282 g/mol. The minimum Gasteiger partial charge on any atom is -0.370 e. The van der Waals surface area contributed by atoms with Crippen LogP contribution < -0.4 is 5.73 Å². The molecule has 4 heteroatoms. The van der Waals surface area contributed by atoms with Gasteiger partial charge in [0, 0.05) is 18.1 Å². The highest BCUT2D eigenvalue weighted by Gasteiger charge is 2.21. The molecule has 0 atom stereocenters. The molecule has 16 heavy (non-hydrogen) atoms. The number of guanidine groups is 1. The molecule has 1 saturated carbocycles. The van der Waals surface area contributed by atoms with Crippen LogP contribution in [0.15, 0.2) is 33.7 Å². The summed E-state index contributed by atoms with van der Waals surface area (Å²) in [6.45, 7) is 0.793. The number of nitrogens with zero attached hydrogens (tertiary/aromatic N) is 2. The molecule has 0 spiro atoms. The third-order valence-electron chi connectivity index (χ3n) is 2.56. The average Bonchev–Trinajstić information content (AvgIpc) is 3.01. The van der Waals surface area contributed by atoms with Gasteiger partial charge < -0.3 is 10.6 Å². The first-order chi connectivity index (χ1) is 7.65. The number of rotatable bonds is 3. The van der Waals surface area contributed by atoms with E-state index in [1.54, 1.807) is 0 Å². The van der Waals surface area contributed by atoms with Gasteiger partial charge in [0.15, 0.2) is 5.96 Å². The molecule has 0 unspecified atom stereocenters. The highest BCUT2D eigenvalue weighted by molar-refractivity contribution is 9.10. The van der Waals surface area contributed by atoms with E-state index in [1.165, 1.54) is 18.4 Å². The van der Waals surface area contributed by atoms with Gasteiger partial charge in [-0.2, -0.15) is 0 Å². The second-order valence-corrected chi connectivity index (χ2v) is 5.12. The van der Waals surface area contributed by atoms with Gasteiger partial charge in [-0.15, -0.1) is 0 Å². The van der Waals surface area contributed by atoms with Crippen LogP contribution in [0.4, 0.5) is 0 Å². The lowest BCUT2D eigenvalue weighted by atomic mass is 10.2. The topological polar surface area (TPSA) is 41.6 Å². The first kappa shape index (κ1) is 11.5. The number of aliphatic imine (C=N–C) groups is 1. The van der Waals surface area contributed by atoms with Gasteiger partial charge in [-0.25, -0.2) is 4.99 Å². The Labute approximate surface area is 104 Å². The summed E-state index contributed by atoms with van der Waals surface area (Å²) in [7, 11) is 1.97. The lowest BCUT2D eigenvalue weighted by Crippen LogP contribution is -2.33. The maximum Gasteiger partial charge on any atom is 0.191 e. The molecule has 0 aliphatic heterocycles. The minimum absolute atomic E-state index is 0.477. The molecule has 2 rings (SSSR count). The van der Waals surface area contributed by atoms with Crippen LogP contribution in [-0.4, -0.2) is 23.9 Å². The zero-order valence-corrected chi connectivity index (χ0v) is 10.9. The summed E-state index contributed by atoms with van der Waals surface area (Å²) in [4.78, 5) is 6.40. The standard InChI is InChI=1S/C12H16BrN3/c1-16(12(14)15-11-5-6-11)8-9-3-2-4-10(13)7-9/h2-4,7,11H,5-6,8H2,1H3,(H2,14,15). The Kier molecular flexibility index (Phi) is 3.49. The molecular formula is C12H16BrN3. The summed E-state index contributed by atoms with van der Waals surface area (Å²) in [5.74, 6) is 0.641. The normalized spacial score (nSPS) is 16.2. The molecule has 1 aromatic carbocycles. The Hall–Kier alpha value is -1.03. The molecule has 1 aliphatic rings. The van der Waals surface area contributed by atoms with Crippen LogP contribution in [0.1, 0.15) is 18.4 Å². The fraction of sp³-hybridized carbons (Fsp3) is 0.417. The zero-order valence-electron chi connectivity index (χ0n) is 9.36. The van der Waals surface area contributed by atoms with Crippen LogP contribution in [-0.2, 0) is 6.54 Å². The maximum atomic E-state index is 5.91. The predicted molar refractivity (Wildman–Crippen MR) is 70.3 cm³/mol. The third-order valence-corrected chi connectivity index (χ3v) is 3.05. The molecule has 1 fully saturated rings. The van der Waals surface area contributed by atoms with E-state index < -0.39 is 0 Å². The molecule has 1 aliphatic carbocycles. The van der Waals surface area contributed by atoms with Crippen molar-refractivity contribution in [1.82, 2.24) is 4.90 Å². The summed E-state index contributed by atoms with van der Waals surface area (Å²) < 4.78 is 1.09. The predicted octanol–water partition coefficient (Wildman–Crippen LogP) is 2.36. The Morgan fingerprint density at radius 2 is 2.31 bits per heavy atom. The van der Waals surface area contributed by atoms with Crippen molar-refractivity contribution < 1.29 is 0 Å². The molecule has 1 aromatic rings. The van der Waals surface area contributed by atoms with Gasteiger partial charge in [0.2, 0.25) is 0 Å². The Morgan fingerprint density at radius 3 is 2.94 bits per heavy atom. The van der Waals surface area contributed by atoms with Gasteiger partial charge in [0.05, 0.1) is 6.04 Å². The van der Waals surface area contributed by atoms with Crippen molar-refractivity contribution in [3.8, 4) is 0 Å². The van der Waals surface area contributed by atoms with Crippen LogP contribution in [0.3, 0.4) is 0 Å². The van der Waals surface area contributed by atoms with Crippen LogP contribution in [0, 0.1) is 0 Å². The second-order valence-electron chi connectivity index (χ2n) is 4.20.